The highest BCUT2D eigenvalue weighted by molar-refractivity contribution is 6.40. The SMILES string of the molecule is COc1ccc(Cl)cc1NC(=O)C(=O)NCC(O)c1cn(C)c2ccccc12. The number of ether oxygens (including phenoxy) is 1. The second kappa shape index (κ2) is 8.33. The largest absolute Gasteiger partial charge is 0.495 e. The Labute approximate surface area is 166 Å². The number of para-hydroxylation sites is 1. The van der Waals surface area contributed by atoms with Gasteiger partial charge >= 0.3 is 11.8 Å². The first-order valence-corrected chi connectivity index (χ1v) is 8.93. The second-order valence-corrected chi connectivity index (χ2v) is 6.67. The van der Waals surface area contributed by atoms with E-state index in [1.807, 2.05) is 35.9 Å². The van der Waals surface area contributed by atoms with E-state index in [4.69, 9.17) is 16.3 Å². The maximum absolute atomic E-state index is 12.1. The van der Waals surface area contributed by atoms with Crippen molar-refractivity contribution in [1.82, 2.24) is 9.88 Å². The number of aliphatic hydroxyl groups excluding tert-OH is 1. The number of methoxy groups -OCH3 is 1. The van der Waals surface area contributed by atoms with Crippen molar-refractivity contribution in [2.24, 2.45) is 7.05 Å². The topological polar surface area (TPSA) is 92.6 Å². The summed E-state index contributed by atoms with van der Waals surface area (Å²) in [6, 6.07) is 12.3. The summed E-state index contributed by atoms with van der Waals surface area (Å²) in [4.78, 5) is 24.3. The first kappa shape index (κ1) is 19.7. The van der Waals surface area contributed by atoms with Crippen LogP contribution in [0.4, 0.5) is 5.69 Å². The Kier molecular flexibility index (Phi) is 5.87. The molecule has 8 heteroatoms. The molecule has 1 atom stereocenters. The summed E-state index contributed by atoms with van der Waals surface area (Å²) in [7, 11) is 3.32. The van der Waals surface area contributed by atoms with Crippen molar-refractivity contribution in [2.75, 3.05) is 19.0 Å². The van der Waals surface area contributed by atoms with Gasteiger partial charge < -0.3 is 25.0 Å². The fourth-order valence-electron chi connectivity index (χ4n) is 2.98. The predicted molar refractivity (Wildman–Crippen MR) is 108 cm³/mol. The molecule has 1 unspecified atom stereocenters. The van der Waals surface area contributed by atoms with Crippen molar-refractivity contribution in [3.8, 4) is 5.75 Å². The van der Waals surface area contributed by atoms with E-state index >= 15 is 0 Å². The Hall–Kier alpha value is -3.03. The summed E-state index contributed by atoms with van der Waals surface area (Å²) in [5.41, 5.74) is 1.92. The van der Waals surface area contributed by atoms with E-state index in [1.54, 1.807) is 18.3 Å². The van der Waals surface area contributed by atoms with Crippen molar-refractivity contribution < 1.29 is 19.4 Å². The van der Waals surface area contributed by atoms with Gasteiger partial charge in [-0.15, -0.1) is 0 Å². The number of halogens is 1. The molecule has 2 aromatic carbocycles. The molecule has 3 aromatic rings. The molecule has 0 bridgehead atoms. The lowest BCUT2D eigenvalue weighted by Gasteiger charge is -2.13. The van der Waals surface area contributed by atoms with Crippen LogP contribution < -0.4 is 15.4 Å². The van der Waals surface area contributed by atoms with Crippen LogP contribution in [-0.2, 0) is 16.6 Å². The quantitative estimate of drug-likeness (QED) is 0.573. The third-order valence-electron chi connectivity index (χ3n) is 4.36. The Morgan fingerprint density at radius 3 is 2.71 bits per heavy atom. The molecule has 1 aromatic heterocycles. The molecular formula is C20H20ClN3O4. The van der Waals surface area contributed by atoms with Crippen molar-refractivity contribution in [3.63, 3.8) is 0 Å². The molecule has 2 amide bonds. The van der Waals surface area contributed by atoms with Gasteiger partial charge in [0.25, 0.3) is 0 Å². The van der Waals surface area contributed by atoms with Crippen LogP contribution in [0.15, 0.2) is 48.7 Å². The van der Waals surface area contributed by atoms with Gasteiger partial charge in [0.1, 0.15) is 5.75 Å². The van der Waals surface area contributed by atoms with Crippen molar-refractivity contribution in [1.29, 1.82) is 0 Å². The summed E-state index contributed by atoms with van der Waals surface area (Å²) < 4.78 is 7.03. The van der Waals surface area contributed by atoms with E-state index in [2.05, 4.69) is 10.6 Å². The van der Waals surface area contributed by atoms with E-state index in [9.17, 15) is 14.7 Å². The fraction of sp³-hybridized carbons (Fsp3) is 0.200. The summed E-state index contributed by atoms with van der Waals surface area (Å²) in [6.07, 6.45) is 0.849. The number of benzene rings is 2. The zero-order valence-electron chi connectivity index (χ0n) is 15.4. The number of aromatic nitrogens is 1. The zero-order valence-corrected chi connectivity index (χ0v) is 16.2. The molecule has 28 heavy (non-hydrogen) atoms. The van der Waals surface area contributed by atoms with Gasteiger partial charge in [-0.3, -0.25) is 9.59 Å². The number of fused-ring (bicyclic) bond motifs is 1. The maximum Gasteiger partial charge on any atom is 0.313 e. The zero-order chi connectivity index (χ0) is 20.3. The van der Waals surface area contributed by atoms with Gasteiger partial charge in [-0.25, -0.2) is 0 Å². The monoisotopic (exact) mass is 401 g/mol. The van der Waals surface area contributed by atoms with E-state index in [-0.39, 0.29) is 12.2 Å². The summed E-state index contributed by atoms with van der Waals surface area (Å²) in [6.45, 7) is -0.104. The Morgan fingerprint density at radius 2 is 1.96 bits per heavy atom. The molecule has 0 aliphatic carbocycles. The van der Waals surface area contributed by atoms with E-state index in [1.165, 1.54) is 13.2 Å². The number of anilines is 1. The van der Waals surface area contributed by atoms with Gasteiger partial charge in [-0.1, -0.05) is 29.8 Å². The number of aryl methyl sites for hydroxylation is 1. The number of carbonyl (C=O) groups excluding carboxylic acids is 2. The molecule has 0 aliphatic rings. The lowest BCUT2D eigenvalue weighted by Crippen LogP contribution is -2.37. The van der Waals surface area contributed by atoms with Gasteiger partial charge in [-0.05, 0) is 24.3 Å². The lowest BCUT2D eigenvalue weighted by atomic mass is 10.1. The summed E-state index contributed by atoms with van der Waals surface area (Å²) in [5.74, 6) is -1.38. The van der Waals surface area contributed by atoms with Crippen LogP contribution in [0.1, 0.15) is 11.7 Å². The number of aliphatic hydroxyl groups is 1. The second-order valence-electron chi connectivity index (χ2n) is 6.24. The molecule has 0 saturated carbocycles. The standard InChI is InChI=1S/C20H20ClN3O4/c1-24-11-14(13-5-3-4-6-16(13)24)17(25)10-22-19(26)20(27)23-15-9-12(21)7-8-18(15)28-2/h3-9,11,17,25H,10H2,1-2H3,(H,22,26)(H,23,27). The van der Waals surface area contributed by atoms with E-state index < -0.39 is 17.9 Å². The average molecular weight is 402 g/mol. The Morgan fingerprint density at radius 1 is 1.21 bits per heavy atom. The summed E-state index contributed by atoms with van der Waals surface area (Å²) in [5, 5.41) is 16.7. The maximum atomic E-state index is 12.1. The molecule has 0 spiro atoms. The van der Waals surface area contributed by atoms with E-state index in [0.29, 0.717) is 16.3 Å². The fourth-order valence-corrected chi connectivity index (χ4v) is 3.15. The van der Waals surface area contributed by atoms with Gasteiger partial charge in [-0.2, -0.15) is 0 Å². The highest BCUT2D eigenvalue weighted by Gasteiger charge is 2.19. The van der Waals surface area contributed by atoms with Gasteiger partial charge in [0.2, 0.25) is 0 Å². The van der Waals surface area contributed by atoms with Crippen LogP contribution in [0.25, 0.3) is 10.9 Å². The van der Waals surface area contributed by atoms with Crippen LogP contribution in [0.3, 0.4) is 0 Å². The van der Waals surface area contributed by atoms with Gasteiger partial charge in [0, 0.05) is 41.3 Å². The Balaban J connectivity index is 1.65. The minimum atomic E-state index is -0.955. The first-order chi connectivity index (χ1) is 13.4. The number of nitrogens with one attached hydrogen (secondary N) is 2. The van der Waals surface area contributed by atoms with Crippen LogP contribution in [0, 0.1) is 0 Å². The first-order valence-electron chi connectivity index (χ1n) is 8.55. The minimum Gasteiger partial charge on any atom is -0.495 e. The molecule has 0 fully saturated rings. The molecule has 3 rings (SSSR count). The van der Waals surface area contributed by atoms with Gasteiger partial charge in [0.05, 0.1) is 18.9 Å². The number of hydrogen-bond donors (Lipinski definition) is 3. The normalized spacial score (nSPS) is 11.9. The molecular weight excluding hydrogens is 382 g/mol. The third-order valence-corrected chi connectivity index (χ3v) is 4.59. The third kappa shape index (κ3) is 4.11. The van der Waals surface area contributed by atoms with Gasteiger partial charge in [0.15, 0.2) is 0 Å². The Bertz CT molecular complexity index is 1030. The molecule has 3 N–H and O–H groups in total. The number of rotatable bonds is 5. The molecule has 1 heterocycles. The lowest BCUT2D eigenvalue weighted by molar-refractivity contribution is -0.136. The smallest absolute Gasteiger partial charge is 0.313 e. The summed E-state index contributed by atoms with van der Waals surface area (Å²) >= 11 is 5.91. The molecule has 146 valence electrons. The number of hydrogen-bond acceptors (Lipinski definition) is 4. The van der Waals surface area contributed by atoms with Crippen molar-refractivity contribution >= 4 is 40.0 Å². The number of nitrogens with zero attached hydrogens (tertiary/aromatic N) is 1. The van der Waals surface area contributed by atoms with E-state index in [0.717, 1.165) is 10.9 Å². The molecule has 7 nitrogen and oxygen atoms in total. The van der Waals surface area contributed by atoms with Crippen molar-refractivity contribution in [2.45, 2.75) is 6.10 Å². The predicted octanol–water partition coefficient (Wildman–Crippen LogP) is 2.63. The molecule has 0 radical (unpaired) electrons. The highest BCUT2D eigenvalue weighted by atomic mass is 35.5. The molecule has 0 saturated heterocycles. The highest BCUT2D eigenvalue weighted by Crippen LogP contribution is 2.28. The molecule has 0 aliphatic heterocycles. The minimum absolute atomic E-state index is 0.104. The number of amides is 2. The number of carbonyl (C=O) groups is 2. The van der Waals surface area contributed by atoms with Crippen LogP contribution in [-0.4, -0.2) is 35.1 Å². The average Bonchev–Trinajstić information content (AvgIpc) is 3.03. The van der Waals surface area contributed by atoms with Crippen LogP contribution in [0.2, 0.25) is 5.02 Å². The van der Waals surface area contributed by atoms with Crippen LogP contribution >= 0.6 is 11.6 Å². The van der Waals surface area contributed by atoms with Crippen LogP contribution in [0.5, 0.6) is 5.75 Å². The van der Waals surface area contributed by atoms with Crippen molar-refractivity contribution in [3.05, 3.63) is 59.2 Å².